The normalized spacial score (nSPS) is 11.7. The number of nitrogens with zero attached hydrogens (tertiary/aromatic N) is 3. The van der Waals surface area contributed by atoms with Crippen LogP contribution in [-0.2, 0) is 28.9 Å². The predicted octanol–water partition coefficient (Wildman–Crippen LogP) is 4.37. The Morgan fingerprint density at radius 1 is 1.03 bits per heavy atom. The Morgan fingerprint density at radius 2 is 1.69 bits per heavy atom. The Balaban J connectivity index is 1.96. The van der Waals surface area contributed by atoms with Gasteiger partial charge in [-0.3, -0.25) is 14.2 Å². The average Bonchev–Trinajstić information content (AvgIpc) is 3.28. The van der Waals surface area contributed by atoms with E-state index >= 15 is 0 Å². The molecule has 3 aromatic rings. The highest BCUT2D eigenvalue weighted by molar-refractivity contribution is 8.00. The van der Waals surface area contributed by atoms with Gasteiger partial charge in [0.05, 0.1) is 25.9 Å². The monoisotopic (exact) mass is 496 g/mol. The molecule has 186 valence electrons. The molecular formula is C26H32N4O4S. The van der Waals surface area contributed by atoms with Gasteiger partial charge in [0.2, 0.25) is 0 Å². The molecular weight excluding hydrogens is 464 g/mol. The largest absolute Gasteiger partial charge is 0.497 e. The lowest BCUT2D eigenvalue weighted by atomic mass is 10.0. The molecule has 0 aliphatic carbocycles. The van der Waals surface area contributed by atoms with E-state index in [2.05, 4.69) is 41.5 Å². The number of methoxy groups -OCH3 is 1. The minimum absolute atomic E-state index is 0.174. The van der Waals surface area contributed by atoms with Crippen molar-refractivity contribution in [3.8, 4) is 11.4 Å². The van der Waals surface area contributed by atoms with Crippen LogP contribution in [-0.4, -0.2) is 45.6 Å². The molecule has 1 amide bonds. The van der Waals surface area contributed by atoms with Crippen molar-refractivity contribution in [2.24, 2.45) is 0 Å². The molecule has 0 fully saturated rings. The number of rotatable bonds is 11. The second-order valence-electron chi connectivity index (χ2n) is 7.79. The topological polar surface area (TPSA) is 95.3 Å². The number of hydrogen-bond acceptors (Lipinski definition) is 7. The molecule has 0 saturated heterocycles. The molecule has 1 atom stereocenters. The van der Waals surface area contributed by atoms with Crippen molar-refractivity contribution in [3.05, 3.63) is 65.0 Å². The van der Waals surface area contributed by atoms with Gasteiger partial charge in [-0.05, 0) is 62.1 Å². The summed E-state index contributed by atoms with van der Waals surface area (Å²) in [6.07, 6.45) is 1.63. The quantitative estimate of drug-likeness (QED) is 0.311. The fourth-order valence-electron chi connectivity index (χ4n) is 3.69. The molecule has 1 aromatic heterocycles. The summed E-state index contributed by atoms with van der Waals surface area (Å²) in [6, 6.07) is 13.1. The van der Waals surface area contributed by atoms with Crippen molar-refractivity contribution in [2.45, 2.75) is 57.5 Å². The Kier molecular flexibility index (Phi) is 9.31. The van der Waals surface area contributed by atoms with Gasteiger partial charge in [-0.25, -0.2) is 0 Å². The minimum Gasteiger partial charge on any atom is -0.497 e. The van der Waals surface area contributed by atoms with Crippen LogP contribution in [0.25, 0.3) is 5.69 Å². The van der Waals surface area contributed by atoms with E-state index in [1.807, 2.05) is 10.6 Å². The van der Waals surface area contributed by atoms with Crippen molar-refractivity contribution in [1.82, 2.24) is 20.1 Å². The standard InChI is InChI=1S/C26H32N4O4S/c1-6-18-10-9-11-19(7-2)23(18)30-22(28-29-26(30)35-17(4)25(32)34-8-3)16-27-24(31)20-12-14-21(33-5)15-13-20/h9-15,17H,6-8,16H2,1-5H3,(H,27,31). The first-order chi connectivity index (χ1) is 16.9. The van der Waals surface area contributed by atoms with Crippen molar-refractivity contribution in [3.63, 3.8) is 0 Å². The van der Waals surface area contributed by atoms with Gasteiger partial charge in [0.15, 0.2) is 11.0 Å². The van der Waals surface area contributed by atoms with E-state index in [1.54, 1.807) is 45.2 Å². The lowest BCUT2D eigenvalue weighted by Gasteiger charge is -2.19. The molecule has 0 bridgehead atoms. The second-order valence-corrected chi connectivity index (χ2v) is 9.10. The highest BCUT2D eigenvalue weighted by Gasteiger charge is 2.24. The van der Waals surface area contributed by atoms with Crippen LogP contribution in [0.15, 0.2) is 47.6 Å². The molecule has 1 heterocycles. The summed E-state index contributed by atoms with van der Waals surface area (Å²) in [7, 11) is 1.58. The lowest BCUT2D eigenvalue weighted by molar-refractivity contribution is -0.142. The summed E-state index contributed by atoms with van der Waals surface area (Å²) in [5.41, 5.74) is 3.79. The number of para-hydroxylation sites is 1. The molecule has 9 heteroatoms. The third-order valence-electron chi connectivity index (χ3n) is 5.55. The van der Waals surface area contributed by atoms with Gasteiger partial charge in [0, 0.05) is 5.56 Å². The van der Waals surface area contributed by atoms with E-state index in [-0.39, 0.29) is 18.4 Å². The first-order valence-electron chi connectivity index (χ1n) is 11.7. The highest BCUT2D eigenvalue weighted by atomic mass is 32.2. The van der Waals surface area contributed by atoms with Crippen LogP contribution >= 0.6 is 11.8 Å². The molecule has 1 unspecified atom stereocenters. The Bertz CT molecular complexity index is 1140. The highest BCUT2D eigenvalue weighted by Crippen LogP contribution is 2.30. The third kappa shape index (κ3) is 6.22. The number of carbonyl (C=O) groups is 2. The molecule has 0 saturated carbocycles. The molecule has 35 heavy (non-hydrogen) atoms. The number of benzene rings is 2. The van der Waals surface area contributed by atoms with Gasteiger partial charge in [-0.1, -0.05) is 43.8 Å². The summed E-state index contributed by atoms with van der Waals surface area (Å²) < 4.78 is 12.3. The maximum atomic E-state index is 12.8. The number of ether oxygens (including phenoxy) is 2. The molecule has 0 spiro atoms. The number of esters is 1. The molecule has 2 aromatic carbocycles. The van der Waals surface area contributed by atoms with E-state index in [1.165, 1.54) is 11.8 Å². The van der Waals surface area contributed by atoms with E-state index in [4.69, 9.17) is 9.47 Å². The summed E-state index contributed by atoms with van der Waals surface area (Å²) >= 11 is 1.30. The summed E-state index contributed by atoms with van der Waals surface area (Å²) in [5.74, 6) is 0.736. The van der Waals surface area contributed by atoms with Crippen molar-refractivity contribution in [2.75, 3.05) is 13.7 Å². The number of thioether (sulfide) groups is 1. The summed E-state index contributed by atoms with van der Waals surface area (Å²) in [4.78, 5) is 25.1. The van der Waals surface area contributed by atoms with Gasteiger partial charge in [-0.2, -0.15) is 0 Å². The van der Waals surface area contributed by atoms with Gasteiger partial charge in [-0.15, -0.1) is 10.2 Å². The van der Waals surface area contributed by atoms with Crippen LogP contribution in [0.1, 0.15) is 55.0 Å². The smallest absolute Gasteiger partial charge is 0.319 e. The van der Waals surface area contributed by atoms with Crippen molar-refractivity contribution < 1.29 is 19.1 Å². The van der Waals surface area contributed by atoms with E-state index < -0.39 is 5.25 Å². The zero-order valence-corrected chi connectivity index (χ0v) is 21.6. The predicted molar refractivity (Wildman–Crippen MR) is 136 cm³/mol. The van der Waals surface area contributed by atoms with Gasteiger partial charge in [0.1, 0.15) is 11.0 Å². The fraction of sp³-hybridized carbons (Fsp3) is 0.385. The number of nitrogens with one attached hydrogen (secondary N) is 1. The first-order valence-corrected chi connectivity index (χ1v) is 12.6. The molecule has 0 aliphatic heterocycles. The van der Waals surface area contributed by atoms with Crippen LogP contribution in [0.4, 0.5) is 0 Å². The fourth-order valence-corrected chi connectivity index (χ4v) is 4.56. The van der Waals surface area contributed by atoms with Gasteiger partial charge in [0.25, 0.3) is 5.91 Å². The number of carbonyl (C=O) groups excluding carboxylic acids is 2. The molecule has 1 N–H and O–H groups in total. The third-order valence-corrected chi connectivity index (χ3v) is 6.57. The van der Waals surface area contributed by atoms with Gasteiger partial charge < -0.3 is 14.8 Å². The average molecular weight is 497 g/mol. The van der Waals surface area contributed by atoms with Crippen LogP contribution in [0, 0.1) is 0 Å². The molecule has 0 aliphatic rings. The summed E-state index contributed by atoms with van der Waals surface area (Å²) in [5, 5.41) is 11.9. The Labute approximate surface area is 210 Å². The lowest BCUT2D eigenvalue weighted by Crippen LogP contribution is -2.25. The van der Waals surface area contributed by atoms with Crippen LogP contribution in [0.2, 0.25) is 0 Å². The van der Waals surface area contributed by atoms with Crippen LogP contribution < -0.4 is 10.1 Å². The Hall–Kier alpha value is -3.33. The SMILES string of the molecule is CCOC(=O)C(C)Sc1nnc(CNC(=O)c2ccc(OC)cc2)n1-c1c(CC)cccc1CC. The van der Waals surface area contributed by atoms with E-state index in [0.717, 1.165) is 29.7 Å². The zero-order valence-electron chi connectivity index (χ0n) is 20.8. The number of aromatic nitrogens is 3. The van der Waals surface area contributed by atoms with Crippen LogP contribution in [0.5, 0.6) is 5.75 Å². The number of aryl methyl sites for hydroxylation is 2. The maximum absolute atomic E-state index is 12.8. The summed E-state index contributed by atoms with van der Waals surface area (Å²) in [6.45, 7) is 8.26. The minimum atomic E-state index is -0.460. The maximum Gasteiger partial charge on any atom is 0.319 e. The second kappa shape index (κ2) is 12.4. The Morgan fingerprint density at radius 3 is 2.26 bits per heavy atom. The van der Waals surface area contributed by atoms with E-state index in [9.17, 15) is 9.59 Å². The first kappa shape index (κ1) is 26.3. The number of hydrogen-bond donors (Lipinski definition) is 1. The van der Waals surface area contributed by atoms with Crippen molar-refractivity contribution >= 4 is 23.6 Å². The number of amides is 1. The van der Waals surface area contributed by atoms with E-state index in [0.29, 0.717) is 28.9 Å². The molecule has 3 rings (SSSR count). The zero-order chi connectivity index (χ0) is 25.4. The van der Waals surface area contributed by atoms with Crippen molar-refractivity contribution in [1.29, 1.82) is 0 Å². The molecule has 0 radical (unpaired) electrons. The molecule has 8 nitrogen and oxygen atoms in total. The van der Waals surface area contributed by atoms with Crippen LogP contribution in [0.3, 0.4) is 0 Å². The van der Waals surface area contributed by atoms with Gasteiger partial charge >= 0.3 is 5.97 Å².